The van der Waals surface area contributed by atoms with E-state index >= 15 is 0 Å². The molecule has 1 aromatic heterocycles. The fraction of sp³-hybridized carbons (Fsp3) is 0.571. The van der Waals surface area contributed by atoms with Crippen molar-refractivity contribution in [3.8, 4) is 0 Å². The Morgan fingerprint density at radius 3 is 2.63 bits per heavy atom. The number of nitrogens with one attached hydrogen (secondary N) is 1. The first-order valence-electron chi connectivity index (χ1n) is 6.63. The summed E-state index contributed by atoms with van der Waals surface area (Å²) in [6, 6.07) is 4.18. The molecule has 1 amide bonds. The Morgan fingerprint density at radius 2 is 2.16 bits per heavy atom. The quantitative estimate of drug-likeness (QED) is 0.821. The summed E-state index contributed by atoms with van der Waals surface area (Å²) in [6.07, 6.45) is 2.59. The Morgan fingerprint density at radius 1 is 1.53 bits per heavy atom. The second-order valence-corrected chi connectivity index (χ2v) is 7.06. The van der Waals surface area contributed by atoms with E-state index in [1.165, 1.54) is 9.75 Å². The van der Waals surface area contributed by atoms with Crippen LogP contribution in [0.25, 0.3) is 0 Å². The fourth-order valence-corrected chi connectivity index (χ4v) is 3.83. The third-order valence-electron chi connectivity index (χ3n) is 3.79. The van der Waals surface area contributed by atoms with Gasteiger partial charge in [0, 0.05) is 9.75 Å². The molecule has 1 heterocycles. The van der Waals surface area contributed by atoms with Crippen molar-refractivity contribution in [1.29, 1.82) is 0 Å². The summed E-state index contributed by atoms with van der Waals surface area (Å²) in [4.78, 5) is 15.2. The maximum atomic E-state index is 12.3. The second kappa shape index (κ2) is 5.59. The van der Waals surface area contributed by atoms with Gasteiger partial charge in [-0.15, -0.1) is 11.3 Å². The van der Waals surface area contributed by atoms with E-state index in [-0.39, 0.29) is 5.91 Å². The van der Waals surface area contributed by atoms with E-state index in [9.17, 15) is 4.79 Å². The van der Waals surface area contributed by atoms with Crippen LogP contribution in [0, 0.1) is 11.3 Å². The zero-order chi connectivity index (χ0) is 14.0. The number of amides is 1. The first-order chi connectivity index (χ1) is 8.98. The second-order valence-electron chi connectivity index (χ2n) is 5.36. The minimum Gasteiger partial charge on any atom is -0.392 e. The van der Waals surface area contributed by atoms with Gasteiger partial charge in [-0.2, -0.15) is 0 Å². The van der Waals surface area contributed by atoms with Crippen molar-refractivity contribution in [3.63, 3.8) is 0 Å². The highest BCUT2D eigenvalue weighted by atomic mass is 32.1. The monoisotopic (exact) mass is 296 g/mol. The largest absolute Gasteiger partial charge is 0.392 e. The number of carbonyl (C=O) groups is 1. The lowest BCUT2D eigenvalue weighted by molar-refractivity contribution is -0.133. The van der Waals surface area contributed by atoms with Crippen LogP contribution in [-0.4, -0.2) is 10.9 Å². The lowest BCUT2D eigenvalue weighted by atomic mass is 9.62. The van der Waals surface area contributed by atoms with E-state index in [4.69, 9.17) is 18.0 Å². The predicted molar refractivity (Wildman–Crippen MR) is 83.2 cm³/mol. The highest BCUT2D eigenvalue weighted by Gasteiger charge is 2.50. The summed E-state index contributed by atoms with van der Waals surface area (Å²) in [5.74, 6) is 0.519. The van der Waals surface area contributed by atoms with Crippen molar-refractivity contribution in [2.45, 2.75) is 39.7 Å². The maximum Gasteiger partial charge on any atom is 0.233 e. The number of thiophene rings is 1. The summed E-state index contributed by atoms with van der Waals surface area (Å²) in [6.45, 7) is 4.82. The summed E-state index contributed by atoms with van der Waals surface area (Å²) in [7, 11) is 0. The highest BCUT2D eigenvalue weighted by molar-refractivity contribution is 7.80. The number of thiocarbonyl (C=S) groups is 1. The lowest BCUT2D eigenvalue weighted by Crippen LogP contribution is -2.55. The molecule has 104 valence electrons. The molecule has 0 spiro atoms. The van der Waals surface area contributed by atoms with Gasteiger partial charge in [-0.25, -0.2) is 0 Å². The Labute approximate surface area is 123 Å². The number of rotatable bonds is 5. The Hall–Kier alpha value is -0.940. The molecule has 1 aliphatic carbocycles. The van der Waals surface area contributed by atoms with Gasteiger partial charge in [0.25, 0.3) is 0 Å². The van der Waals surface area contributed by atoms with Gasteiger partial charge < -0.3 is 11.1 Å². The zero-order valence-electron chi connectivity index (χ0n) is 11.4. The van der Waals surface area contributed by atoms with Gasteiger partial charge in [0.2, 0.25) is 5.91 Å². The topological polar surface area (TPSA) is 55.1 Å². The molecular weight excluding hydrogens is 276 g/mol. The predicted octanol–water partition coefficient (Wildman–Crippen LogP) is 2.63. The van der Waals surface area contributed by atoms with Crippen molar-refractivity contribution < 1.29 is 4.79 Å². The Balaban J connectivity index is 1.95. The van der Waals surface area contributed by atoms with Crippen LogP contribution < -0.4 is 11.1 Å². The minimum atomic E-state index is -0.598. The first-order valence-corrected chi connectivity index (χ1v) is 7.86. The number of aryl methyl sites for hydroxylation is 1. The molecule has 1 aliphatic rings. The molecule has 0 aliphatic heterocycles. The number of hydrogen-bond donors (Lipinski definition) is 2. The molecule has 3 N–H and O–H groups in total. The van der Waals surface area contributed by atoms with E-state index < -0.39 is 5.41 Å². The molecule has 0 aromatic carbocycles. The molecule has 1 fully saturated rings. The van der Waals surface area contributed by atoms with Crippen molar-refractivity contribution in [2.24, 2.45) is 17.1 Å². The third-order valence-corrected chi connectivity index (χ3v) is 5.41. The van der Waals surface area contributed by atoms with Crippen LogP contribution in [0.1, 0.15) is 36.4 Å². The normalized spacial score (nSPS) is 25.7. The van der Waals surface area contributed by atoms with Gasteiger partial charge in [0.1, 0.15) is 0 Å². The fourth-order valence-electron chi connectivity index (χ4n) is 2.67. The SMILES string of the molecule is CCc1ccc(CNC(=O)C2(C(N)=S)CC(C)C2)s1. The van der Waals surface area contributed by atoms with Gasteiger partial charge in [0.05, 0.1) is 16.9 Å². The summed E-state index contributed by atoms with van der Waals surface area (Å²) in [5.41, 5.74) is 5.17. The van der Waals surface area contributed by atoms with Crippen molar-refractivity contribution in [1.82, 2.24) is 5.32 Å². The Bertz CT molecular complexity index is 489. The molecule has 3 nitrogen and oxygen atoms in total. The first kappa shape index (κ1) is 14.5. The van der Waals surface area contributed by atoms with Gasteiger partial charge in [-0.3, -0.25) is 4.79 Å². The molecule has 0 bridgehead atoms. The average molecular weight is 296 g/mol. The number of carbonyl (C=O) groups excluding carboxylic acids is 1. The van der Waals surface area contributed by atoms with Crippen molar-refractivity contribution in [3.05, 3.63) is 21.9 Å². The van der Waals surface area contributed by atoms with Crippen LogP contribution in [0.4, 0.5) is 0 Å². The van der Waals surface area contributed by atoms with E-state index in [0.717, 1.165) is 19.3 Å². The van der Waals surface area contributed by atoms with Crippen LogP contribution in [0.15, 0.2) is 12.1 Å². The minimum absolute atomic E-state index is 0.00968. The average Bonchev–Trinajstić information content (AvgIpc) is 2.79. The molecule has 0 atom stereocenters. The zero-order valence-corrected chi connectivity index (χ0v) is 13.0. The molecule has 5 heteroatoms. The van der Waals surface area contributed by atoms with Gasteiger partial charge in [-0.1, -0.05) is 26.1 Å². The van der Waals surface area contributed by atoms with Crippen LogP contribution >= 0.6 is 23.6 Å². The van der Waals surface area contributed by atoms with Gasteiger partial charge in [0.15, 0.2) is 0 Å². The smallest absolute Gasteiger partial charge is 0.233 e. The molecule has 1 aromatic rings. The molecule has 0 saturated heterocycles. The van der Waals surface area contributed by atoms with Crippen LogP contribution in [0.2, 0.25) is 0 Å². The lowest BCUT2D eigenvalue weighted by Gasteiger charge is -2.44. The Kier molecular flexibility index (Phi) is 4.26. The summed E-state index contributed by atoms with van der Waals surface area (Å²) >= 11 is 6.82. The van der Waals surface area contributed by atoms with Crippen LogP contribution in [0.3, 0.4) is 0 Å². The third kappa shape index (κ3) is 2.82. The standard InChI is InChI=1S/C14H20N2OS2/c1-3-10-4-5-11(19-10)8-16-13(17)14(12(15)18)6-9(2)7-14/h4-5,9H,3,6-8H2,1-2H3,(H2,15,18)(H,16,17). The highest BCUT2D eigenvalue weighted by Crippen LogP contribution is 2.46. The van der Waals surface area contributed by atoms with Gasteiger partial charge >= 0.3 is 0 Å². The number of hydrogen-bond acceptors (Lipinski definition) is 3. The van der Waals surface area contributed by atoms with Gasteiger partial charge in [-0.05, 0) is 37.3 Å². The van der Waals surface area contributed by atoms with E-state index in [2.05, 4.69) is 31.3 Å². The van der Waals surface area contributed by atoms with Crippen molar-refractivity contribution >= 4 is 34.5 Å². The molecule has 19 heavy (non-hydrogen) atoms. The van der Waals surface area contributed by atoms with Crippen LogP contribution in [-0.2, 0) is 17.8 Å². The molecule has 1 saturated carbocycles. The molecule has 2 rings (SSSR count). The molecule has 0 radical (unpaired) electrons. The van der Waals surface area contributed by atoms with E-state index in [1.54, 1.807) is 11.3 Å². The number of nitrogens with two attached hydrogens (primary N) is 1. The summed E-state index contributed by atoms with van der Waals surface area (Å²) < 4.78 is 0. The van der Waals surface area contributed by atoms with E-state index in [1.807, 2.05) is 0 Å². The summed E-state index contributed by atoms with van der Waals surface area (Å²) in [5, 5.41) is 2.99. The van der Waals surface area contributed by atoms with E-state index in [0.29, 0.717) is 17.5 Å². The molecule has 0 unspecified atom stereocenters. The van der Waals surface area contributed by atoms with Crippen molar-refractivity contribution in [2.75, 3.05) is 0 Å². The maximum absolute atomic E-state index is 12.3. The van der Waals surface area contributed by atoms with Crippen LogP contribution in [0.5, 0.6) is 0 Å². The molecular formula is C14H20N2OS2.